The molecule has 1 atom stereocenters. The van der Waals surface area contributed by atoms with Crippen molar-refractivity contribution in [3.63, 3.8) is 0 Å². The number of amides is 1. The smallest absolute Gasteiger partial charge is 0.241 e. The molecule has 114 valence electrons. The van der Waals surface area contributed by atoms with Crippen LogP contribution in [0.2, 0.25) is 0 Å². The third kappa shape index (κ3) is 2.60. The fourth-order valence-electron chi connectivity index (χ4n) is 2.48. The minimum absolute atomic E-state index is 0.207. The molecule has 0 aliphatic heterocycles. The first-order valence-corrected chi connectivity index (χ1v) is 7.16. The summed E-state index contributed by atoms with van der Waals surface area (Å²) in [6, 6.07) is 7.37. The molecule has 3 aromatic rings. The number of nitrogens with one attached hydrogen (secondary N) is 2. The molecule has 1 aromatic carbocycles. The van der Waals surface area contributed by atoms with Gasteiger partial charge in [-0.3, -0.25) is 9.48 Å². The van der Waals surface area contributed by atoms with Crippen LogP contribution in [0.25, 0.3) is 10.9 Å². The van der Waals surface area contributed by atoms with E-state index >= 15 is 0 Å². The summed E-state index contributed by atoms with van der Waals surface area (Å²) in [4.78, 5) is 15.4. The van der Waals surface area contributed by atoms with Crippen LogP contribution in [-0.2, 0) is 18.3 Å². The summed E-state index contributed by atoms with van der Waals surface area (Å²) in [6.45, 7) is 1.90. The number of hydrogen-bond acceptors (Lipinski definition) is 3. The Labute approximate surface area is 128 Å². The van der Waals surface area contributed by atoms with E-state index in [0.29, 0.717) is 12.1 Å². The molecule has 0 bridgehead atoms. The summed E-state index contributed by atoms with van der Waals surface area (Å²) in [5.41, 5.74) is 9.74. The monoisotopic (exact) mass is 297 g/mol. The highest BCUT2D eigenvalue weighted by Crippen LogP contribution is 2.19. The zero-order chi connectivity index (χ0) is 15.7. The van der Waals surface area contributed by atoms with E-state index < -0.39 is 6.04 Å². The number of aryl methyl sites for hydroxylation is 1. The maximum Gasteiger partial charge on any atom is 0.241 e. The van der Waals surface area contributed by atoms with Crippen molar-refractivity contribution < 1.29 is 4.79 Å². The number of carbonyl (C=O) groups excluding carboxylic acids is 1. The first kappa shape index (κ1) is 14.3. The van der Waals surface area contributed by atoms with E-state index in [-0.39, 0.29) is 5.91 Å². The first-order valence-electron chi connectivity index (χ1n) is 7.16. The molecule has 0 fully saturated rings. The van der Waals surface area contributed by atoms with Crippen LogP contribution in [-0.4, -0.2) is 26.7 Å². The van der Waals surface area contributed by atoms with E-state index in [1.165, 1.54) is 0 Å². The second kappa shape index (κ2) is 5.65. The second-order valence-electron chi connectivity index (χ2n) is 5.43. The number of para-hydroxylation sites is 1. The lowest BCUT2D eigenvalue weighted by atomic mass is 10.1. The lowest BCUT2D eigenvalue weighted by Crippen LogP contribution is -2.37. The average molecular weight is 297 g/mol. The van der Waals surface area contributed by atoms with Gasteiger partial charge in [0, 0.05) is 24.1 Å². The Bertz CT molecular complexity index is 817. The third-order valence-corrected chi connectivity index (χ3v) is 3.94. The van der Waals surface area contributed by atoms with Gasteiger partial charge in [-0.2, -0.15) is 5.10 Å². The van der Waals surface area contributed by atoms with Gasteiger partial charge in [-0.05, 0) is 25.0 Å². The van der Waals surface area contributed by atoms with E-state index in [1.54, 1.807) is 10.9 Å². The van der Waals surface area contributed by atoms with Crippen molar-refractivity contribution in [3.8, 4) is 0 Å². The SMILES string of the molecule is Cc1c(NC(=O)[C@@H](N)Cc2c[nH]c3ccccc23)cnn1C. The van der Waals surface area contributed by atoms with Gasteiger partial charge in [-0.1, -0.05) is 18.2 Å². The van der Waals surface area contributed by atoms with Crippen LogP contribution in [0.4, 0.5) is 5.69 Å². The van der Waals surface area contributed by atoms with Crippen molar-refractivity contribution >= 4 is 22.5 Å². The molecule has 6 nitrogen and oxygen atoms in total. The molecule has 4 N–H and O–H groups in total. The van der Waals surface area contributed by atoms with Crippen molar-refractivity contribution in [1.82, 2.24) is 14.8 Å². The number of nitrogens with two attached hydrogens (primary N) is 1. The number of aromatic amines is 1. The zero-order valence-corrected chi connectivity index (χ0v) is 12.6. The number of anilines is 1. The van der Waals surface area contributed by atoms with Crippen LogP contribution in [0.1, 0.15) is 11.3 Å². The molecule has 1 amide bonds. The molecule has 0 saturated carbocycles. The molecule has 2 heterocycles. The molecule has 0 aliphatic carbocycles. The number of hydrogen-bond donors (Lipinski definition) is 3. The number of benzene rings is 1. The Kier molecular flexibility index (Phi) is 3.68. The number of rotatable bonds is 4. The van der Waals surface area contributed by atoms with Crippen LogP contribution in [0.15, 0.2) is 36.7 Å². The molecule has 22 heavy (non-hydrogen) atoms. The molecule has 0 unspecified atom stereocenters. The van der Waals surface area contributed by atoms with E-state index in [2.05, 4.69) is 15.4 Å². The van der Waals surface area contributed by atoms with Gasteiger partial charge in [-0.15, -0.1) is 0 Å². The lowest BCUT2D eigenvalue weighted by Gasteiger charge is -2.11. The molecular formula is C16H19N5O. The maximum absolute atomic E-state index is 12.3. The highest BCUT2D eigenvalue weighted by Gasteiger charge is 2.17. The minimum atomic E-state index is -0.612. The maximum atomic E-state index is 12.3. The van der Waals surface area contributed by atoms with Gasteiger partial charge in [-0.25, -0.2) is 0 Å². The lowest BCUT2D eigenvalue weighted by molar-refractivity contribution is -0.117. The van der Waals surface area contributed by atoms with Crippen LogP contribution in [0.3, 0.4) is 0 Å². The summed E-state index contributed by atoms with van der Waals surface area (Å²) < 4.78 is 1.71. The van der Waals surface area contributed by atoms with Gasteiger partial charge in [0.05, 0.1) is 23.6 Å². The summed E-state index contributed by atoms with van der Waals surface area (Å²) in [6.07, 6.45) is 4.02. The van der Waals surface area contributed by atoms with Crippen molar-refractivity contribution in [2.24, 2.45) is 12.8 Å². The Hall–Kier alpha value is -2.60. The van der Waals surface area contributed by atoms with Crippen molar-refractivity contribution in [3.05, 3.63) is 47.9 Å². The largest absolute Gasteiger partial charge is 0.361 e. The van der Waals surface area contributed by atoms with Gasteiger partial charge in [0.1, 0.15) is 0 Å². The van der Waals surface area contributed by atoms with E-state index in [4.69, 9.17) is 5.73 Å². The van der Waals surface area contributed by atoms with Gasteiger partial charge in [0.25, 0.3) is 0 Å². The number of aromatic nitrogens is 3. The van der Waals surface area contributed by atoms with Crippen LogP contribution >= 0.6 is 0 Å². The van der Waals surface area contributed by atoms with E-state index in [1.807, 2.05) is 44.4 Å². The molecule has 0 radical (unpaired) electrons. The van der Waals surface area contributed by atoms with Crippen LogP contribution in [0.5, 0.6) is 0 Å². The Morgan fingerprint density at radius 2 is 2.23 bits per heavy atom. The van der Waals surface area contributed by atoms with Gasteiger partial charge >= 0.3 is 0 Å². The number of fused-ring (bicyclic) bond motifs is 1. The second-order valence-corrected chi connectivity index (χ2v) is 5.43. The fourth-order valence-corrected chi connectivity index (χ4v) is 2.48. The van der Waals surface area contributed by atoms with E-state index in [0.717, 1.165) is 22.2 Å². The Morgan fingerprint density at radius 1 is 1.45 bits per heavy atom. The molecule has 0 aliphatic rings. The Morgan fingerprint density at radius 3 is 2.95 bits per heavy atom. The highest BCUT2D eigenvalue weighted by atomic mass is 16.2. The predicted octanol–water partition coefficient (Wildman–Crippen LogP) is 1.72. The first-order chi connectivity index (χ1) is 10.6. The summed E-state index contributed by atoms with van der Waals surface area (Å²) in [5, 5.41) is 8.04. The van der Waals surface area contributed by atoms with Crippen molar-refractivity contribution in [1.29, 1.82) is 0 Å². The number of nitrogens with zero attached hydrogens (tertiary/aromatic N) is 2. The van der Waals surface area contributed by atoms with Gasteiger partial charge in [0.2, 0.25) is 5.91 Å². The van der Waals surface area contributed by atoms with Crippen molar-refractivity contribution in [2.45, 2.75) is 19.4 Å². The highest BCUT2D eigenvalue weighted by molar-refractivity contribution is 5.95. The third-order valence-electron chi connectivity index (χ3n) is 3.94. The molecule has 3 rings (SSSR count). The van der Waals surface area contributed by atoms with Gasteiger partial charge < -0.3 is 16.0 Å². The fraction of sp³-hybridized carbons (Fsp3) is 0.250. The van der Waals surface area contributed by atoms with E-state index in [9.17, 15) is 4.79 Å². The summed E-state index contributed by atoms with van der Waals surface area (Å²) in [7, 11) is 1.83. The van der Waals surface area contributed by atoms with Crippen LogP contribution < -0.4 is 11.1 Å². The summed E-state index contributed by atoms with van der Waals surface area (Å²) in [5.74, 6) is -0.207. The normalized spacial score (nSPS) is 12.5. The topological polar surface area (TPSA) is 88.7 Å². The number of carbonyl (C=O) groups is 1. The standard InChI is InChI=1S/C16H19N5O/c1-10-15(9-19-21(10)2)20-16(22)13(17)7-11-8-18-14-6-4-3-5-12(11)14/h3-6,8-9,13,18H,7,17H2,1-2H3,(H,20,22)/t13-/m0/s1. The number of H-pyrrole nitrogens is 1. The molecular weight excluding hydrogens is 278 g/mol. The molecule has 6 heteroatoms. The quantitative estimate of drug-likeness (QED) is 0.685. The Balaban J connectivity index is 1.72. The predicted molar refractivity (Wildman–Crippen MR) is 86.6 cm³/mol. The zero-order valence-electron chi connectivity index (χ0n) is 12.6. The molecule has 2 aromatic heterocycles. The van der Waals surface area contributed by atoms with Crippen molar-refractivity contribution in [2.75, 3.05) is 5.32 Å². The molecule has 0 saturated heterocycles. The minimum Gasteiger partial charge on any atom is -0.361 e. The van der Waals surface area contributed by atoms with Crippen LogP contribution in [0, 0.1) is 6.92 Å². The average Bonchev–Trinajstić information content (AvgIpc) is 3.06. The molecule has 0 spiro atoms. The van der Waals surface area contributed by atoms with Gasteiger partial charge in [0.15, 0.2) is 0 Å². The summed E-state index contributed by atoms with van der Waals surface area (Å²) >= 11 is 0.